The minimum absolute atomic E-state index is 0.721. The van der Waals surface area contributed by atoms with Gasteiger partial charge in [0, 0.05) is 50.9 Å². The topological polar surface area (TPSA) is 44.9 Å². The van der Waals surface area contributed by atoms with E-state index in [9.17, 15) is 0 Å². The molecule has 2 N–H and O–H groups in total. The van der Waals surface area contributed by atoms with Crippen molar-refractivity contribution in [3.8, 4) is 0 Å². The number of benzene rings is 1. The third-order valence-electron chi connectivity index (χ3n) is 3.69. The molecule has 0 atom stereocenters. The molecule has 0 aliphatic carbocycles. The number of anilines is 1. The third kappa shape index (κ3) is 5.16. The summed E-state index contributed by atoms with van der Waals surface area (Å²) in [6.45, 7) is 2.88. The fourth-order valence-electron chi connectivity index (χ4n) is 2.33. The summed E-state index contributed by atoms with van der Waals surface area (Å²) >= 11 is 1.99. The Bertz CT molecular complexity index is 450. The Morgan fingerprint density at radius 2 is 1.90 bits per heavy atom. The Balaban J connectivity index is 1.73. The van der Waals surface area contributed by atoms with Crippen molar-refractivity contribution in [3.05, 3.63) is 29.8 Å². The Morgan fingerprint density at radius 1 is 1.24 bits per heavy atom. The van der Waals surface area contributed by atoms with Gasteiger partial charge in [-0.3, -0.25) is 4.99 Å². The van der Waals surface area contributed by atoms with Crippen molar-refractivity contribution in [1.29, 1.82) is 0 Å². The molecule has 1 aliphatic heterocycles. The highest BCUT2D eigenvalue weighted by atomic mass is 32.2. The van der Waals surface area contributed by atoms with Crippen molar-refractivity contribution >= 4 is 23.4 Å². The molecule has 0 amide bonds. The first-order chi connectivity index (χ1) is 10.2. The smallest absolute Gasteiger partial charge is 0.191 e. The standard InChI is InChI=1S/C16H26N4S/c1-19(2)15-7-5-14(6-8-15)4-3-9-18-16(17)20-10-12-21-13-11-20/h5-8H,3-4,9-13H2,1-2H3,(H2,17,18). The number of aliphatic imine (C=N–C) groups is 1. The second kappa shape index (κ2) is 8.17. The first kappa shape index (κ1) is 16.0. The van der Waals surface area contributed by atoms with Crippen LogP contribution in [0.4, 0.5) is 5.69 Å². The van der Waals surface area contributed by atoms with Gasteiger partial charge in [0.25, 0.3) is 0 Å². The third-order valence-corrected chi connectivity index (χ3v) is 4.63. The SMILES string of the molecule is CN(C)c1ccc(CCCN=C(N)N2CCSCC2)cc1. The quantitative estimate of drug-likeness (QED) is 0.514. The largest absolute Gasteiger partial charge is 0.378 e. The number of nitrogens with zero attached hydrogens (tertiary/aromatic N) is 3. The zero-order valence-corrected chi connectivity index (χ0v) is 13.9. The molecule has 116 valence electrons. The summed E-state index contributed by atoms with van der Waals surface area (Å²) in [5.74, 6) is 3.04. The lowest BCUT2D eigenvalue weighted by atomic mass is 10.1. The average Bonchev–Trinajstić information content (AvgIpc) is 2.52. The van der Waals surface area contributed by atoms with Gasteiger partial charge >= 0.3 is 0 Å². The predicted molar refractivity (Wildman–Crippen MR) is 94.5 cm³/mol. The number of hydrogen-bond donors (Lipinski definition) is 1. The summed E-state index contributed by atoms with van der Waals surface area (Å²) in [4.78, 5) is 8.83. The number of thioether (sulfide) groups is 1. The van der Waals surface area contributed by atoms with Crippen LogP contribution in [-0.4, -0.2) is 56.1 Å². The molecule has 0 radical (unpaired) electrons. The van der Waals surface area contributed by atoms with Crippen LogP contribution in [0.15, 0.2) is 29.3 Å². The van der Waals surface area contributed by atoms with Crippen LogP contribution in [0.25, 0.3) is 0 Å². The van der Waals surface area contributed by atoms with E-state index in [-0.39, 0.29) is 0 Å². The van der Waals surface area contributed by atoms with Crippen LogP contribution in [0, 0.1) is 0 Å². The van der Waals surface area contributed by atoms with Crippen molar-refractivity contribution in [2.45, 2.75) is 12.8 Å². The van der Waals surface area contributed by atoms with E-state index >= 15 is 0 Å². The predicted octanol–water partition coefficient (Wildman–Crippen LogP) is 2.05. The van der Waals surface area contributed by atoms with Crippen LogP contribution >= 0.6 is 11.8 Å². The lowest BCUT2D eigenvalue weighted by Crippen LogP contribution is -2.42. The van der Waals surface area contributed by atoms with E-state index in [1.807, 2.05) is 11.8 Å². The Morgan fingerprint density at radius 3 is 2.52 bits per heavy atom. The molecule has 1 aromatic rings. The minimum Gasteiger partial charge on any atom is -0.378 e. The summed E-state index contributed by atoms with van der Waals surface area (Å²) in [5, 5.41) is 0. The normalized spacial score (nSPS) is 16.1. The van der Waals surface area contributed by atoms with Gasteiger partial charge in [0.15, 0.2) is 5.96 Å². The van der Waals surface area contributed by atoms with E-state index < -0.39 is 0 Å². The maximum atomic E-state index is 6.04. The number of guanidine groups is 1. The Hall–Kier alpha value is -1.36. The summed E-state index contributed by atoms with van der Waals surface area (Å²) < 4.78 is 0. The van der Waals surface area contributed by atoms with Gasteiger partial charge in [-0.15, -0.1) is 0 Å². The zero-order chi connectivity index (χ0) is 15.1. The zero-order valence-electron chi connectivity index (χ0n) is 13.1. The van der Waals surface area contributed by atoms with E-state index in [1.165, 1.54) is 11.3 Å². The molecule has 1 aromatic carbocycles. The van der Waals surface area contributed by atoms with E-state index in [0.29, 0.717) is 0 Å². The minimum atomic E-state index is 0.721. The molecule has 0 aromatic heterocycles. The number of aryl methyl sites for hydroxylation is 1. The van der Waals surface area contributed by atoms with Crippen molar-refractivity contribution in [2.24, 2.45) is 10.7 Å². The lowest BCUT2D eigenvalue weighted by molar-refractivity contribution is 0.455. The molecule has 0 unspecified atom stereocenters. The van der Waals surface area contributed by atoms with Crippen molar-refractivity contribution in [3.63, 3.8) is 0 Å². The molecular formula is C16H26N4S. The summed E-state index contributed by atoms with van der Waals surface area (Å²) in [5.41, 5.74) is 8.65. The first-order valence-electron chi connectivity index (χ1n) is 7.55. The number of hydrogen-bond acceptors (Lipinski definition) is 3. The van der Waals surface area contributed by atoms with Gasteiger partial charge in [-0.05, 0) is 30.5 Å². The molecule has 5 heteroatoms. The fraction of sp³-hybridized carbons (Fsp3) is 0.562. The molecule has 0 spiro atoms. The van der Waals surface area contributed by atoms with E-state index in [2.05, 4.69) is 53.2 Å². The van der Waals surface area contributed by atoms with Crippen molar-refractivity contribution in [1.82, 2.24) is 4.90 Å². The highest BCUT2D eigenvalue weighted by Gasteiger charge is 2.11. The Labute approximate surface area is 132 Å². The lowest BCUT2D eigenvalue weighted by Gasteiger charge is -2.27. The highest BCUT2D eigenvalue weighted by Crippen LogP contribution is 2.13. The van der Waals surface area contributed by atoms with Crippen LogP contribution in [0.3, 0.4) is 0 Å². The summed E-state index contributed by atoms with van der Waals surface area (Å²) in [6.07, 6.45) is 2.10. The summed E-state index contributed by atoms with van der Waals surface area (Å²) in [7, 11) is 4.12. The molecular weight excluding hydrogens is 280 g/mol. The molecule has 0 bridgehead atoms. The van der Waals surface area contributed by atoms with Crippen LogP contribution in [0.2, 0.25) is 0 Å². The van der Waals surface area contributed by atoms with Gasteiger partial charge in [-0.2, -0.15) is 11.8 Å². The first-order valence-corrected chi connectivity index (χ1v) is 8.71. The molecule has 2 rings (SSSR count). The molecule has 1 saturated heterocycles. The maximum absolute atomic E-state index is 6.04. The van der Waals surface area contributed by atoms with Crippen molar-refractivity contribution < 1.29 is 0 Å². The van der Waals surface area contributed by atoms with Gasteiger partial charge in [-0.1, -0.05) is 12.1 Å². The second-order valence-electron chi connectivity index (χ2n) is 5.50. The van der Waals surface area contributed by atoms with Gasteiger partial charge in [0.1, 0.15) is 0 Å². The molecule has 1 heterocycles. The Kier molecular flexibility index (Phi) is 6.23. The van der Waals surface area contributed by atoms with Crippen molar-refractivity contribution in [2.75, 3.05) is 50.1 Å². The average molecular weight is 306 g/mol. The highest BCUT2D eigenvalue weighted by molar-refractivity contribution is 7.99. The number of rotatable bonds is 5. The molecule has 21 heavy (non-hydrogen) atoms. The monoisotopic (exact) mass is 306 g/mol. The second-order valence-corrected chi connectivity index (χ2v) is 6.73. The van der Waals surface area contributed by atoms with Gasteiger partial charge in [0.05, 0.1) is 0 Å². The van der Waals surface area contributed by atoms with Gasteiger partial charge in [-0.25, -0.2) is 0 Å². The fourth-order valence-corrected chi connectivity index (χ4v) is 3.23. The van der Waals surface area contributed by atoms with E-state index in [4.69, 9.17) is 5.73 Å². The molecule has 1 fully saturated rings. The van der Waals surface area contributed by atoms with E-state index in [1.54, 1.807) is 0 Å². The summed E-state index contributed by atoms with van der Waals surface area (Å²) in [6, 6.07) is 8.73. The number of nitrogens with two attached hydrogens (primary N) is 1. The van der Waals surface area contributed by atoms with Gasteiger partial charge < -0.3 is 15.5 Å². The maximum Gasteiger partial charge on any atom is 0.191 e. The molecule has 4 nitrogen and oxygen atoms in total. The molecule has 0 saturated carbocycles. The van der Waals surface area contributed by atoms with Crippen LogP contribution in [-0.2, 0) is 6.42 Å². The van der Waals surface area contributed by atoms with E-state index in [0.717, 1.165) is 49.9 Å². The molecule has 1 aliphatic rings. The van der Waals surface area contributed by atoms with Crippen LogP contribution in [0.1, 0.15) is 12.0 Å². The van der Waals surface area contributed by atoms with Crippen LogP contribution in [0.5, 0.6) is 0 Å². The van der Waals surface area contributed by atoms with Gasteiger partial charge in [0.2, 0.25) is 0 Å². The van der Waals surface area contributed by atoms with Crippen LogP contribution < -0.4 is 10.6 Å².